The van der Waals surface area contributed by atoms with Gasteiger partial charge in [-0.25, -0.2) is 9.80 Å². The maximum absolute atomic E-state index is 11.6. The van der Waals surface area contributed by atoms with Crippen LogP contribution >= 0.6 is 0 Å². The second kappa shape index (κ2) is 5.39. The SMILES string of the molecule is CN1N=C(C(=O)NC(CO)C(=O)O)CCC1=O. The predicted octanol–water partition coefficient (Wildman–Crippen LogP) is -1.84. The Bertz CT molecular complexity index is 379. The fourth-order valence-corrected chi connectivity index (χ4v) is 1.26. The summed E-state index contributed by atoms with van der Waals surface area (Å²) >= 11 is 0. The summed E-state index contributed by atoms with van der Waals surface area (Å²) in [6, 6.07) is -1.37. The molecule has 2 amide bonds. The van der Waals surface area contributed by atoms with Gasteiger partial charge in [0.25, 0.3) is 5.91 Å². The summed E-state index contributed by atoms with van der Waals surface area (Å²) in [4.78, 5) is 33.3. The van der Waals surface area contributed by atoms with Crippen molar-refractivity contribution >= 4 is 23.5 Å². The van der Waals surface area contributed by atoms with Gasteiger partial charge < -0.3 is 15.5 Å². The monoisotopic (exact) mass is 243 g/mol. The average Bonchev–Trinajstić information content (AvgIpc) is 2.28. The quantitative estimate of drug-likeness (QED) is 0.535. The summed E-state index contributed by atoms with van der Waals surface area (Å²) in [5.74, 6) is -2.23. The zero-order chi connectivity index (χ0) is 13.0. The van der Waals surface area contributed by atoms with Crippen LogP contribution in [0.4, 0.5) is 0 Å². The highest BCUT2D eigenvalue weighted by Crippen LogP contribution is 2.07. The van der Waals surface area contributed by atoms with E-state index in [0.29, 0.717) is 0 Å². The molecule has 1 aliphatic heterocycles. The summed E-state index contributed by atoms with van der Waals surface area (Å²) < 4.78 is 0. The number of hydrogen-bond acceptors (Lipinski definition) is 5. The normalized spacial score (nSPS) is 17.4. The molecule has 0 saturated carbocycles. The van der Waals surface area contributed by atoms with E-state index in [2.05, 4.69) is 10.4 Å². The van der Waals surface area contributed by atoms with Gasteiger partial charge in [-0.05, 0) is 0 Å². The number of rotatable bonds is 4. The number of carbonyl (C=O) groups excluding carboxylic acids is 2. The lowest BCUT2D eigenvalue weighted by molar-refractivity contribution is -0.142. The number of carbonyl (C=O) groups is 3. The van der Waals surface area contributed by atoms with Gasteiger partial charge in [0.2, 0.25) is 5.91 Å². The number of carboxylic acid groups (broad SMARTS) is 1. The van der Waals surface area contributed by atoms with Crippen molar-refractivity contribution in [3.63, 3.8) is 0 Å². The Labute approximate surface area is 96.9 Å². The van der Waals surface area contributed by atoms with E-state index in [1.54, 1.807) is 0 Å². The zero-order valence-corrected chi connectivity index (χ0v) is 9.21. The maximum atomic E-state index is 11.6. The average molecular weight is 243 g/mol. The van der Waals surface area contributed by atoms with E-state index < -0.39 is 24.5 Å². The van der Waals surface area contributed by atoms with Crippen LogP contribution in [0, 0.1) is 0 Å². The highest BCUT2D eigenvalue weighted by molar-refractivity contribution is 6.39. The van der Waals surface area contributed by atoms with Gasteiger partial charge in [0.15, 0.2) is 6.04 Å². The third kappa shape index (κ3) is 3.25. The summed E-state index contributed by atoms with van der Waals surface area (Å²) in [6.07, 6.45) is 0.312. The van der Waals surface area contributed by atoms with Crippen molar-refractivity contribution < 1.29 is 24.6 Å². The van der Waals surface area contributed by atoms with Gasteiger partial charge in [-0.15, -0.1) is 0 Å². The Kier molecular flexibility index (Phi) is 4.16. The molecule has 94 valence electrons. The molecule has 8 nitrogen and oxygen atoms in total. The molecule has 17 heavy (non-hydrogen) atoms. The fourth-order valence-electron chi connectivity index (χ4n) is 1.26. The minimum atomic E-state index is -1.37. The van der Waals surface area contributed by atoms with Gasteiger partial charge in [-0.2, -0.15) is 5.10 Å². The topological polar surface area (TPSA) is 119 Å². The third-order valence-corrected chi connectivity index (χ3v) is 2.26. The number of aliphatic hydroxyl groups is 1. The number of carboxylic acids is 1. The van der Waals surface area contributed by atoms with Crippen molar-refractivity contribution in [2.45, 2.75) is 18.9 Å². The molecule has 1 heterocycles. The molecular weight excluding hydrogens is 230 g/mol. The van der Waals surface area contributed by atoms with Crippen LogP contribution < -0.4 is 5.32 Å². The molecule has 0 aromatic rings. The van der Waals surface area contributed by atoms with Crippen LogP contribution in [-0.4, -0.2) is 58.4 Å². The van der Waals surface area contributed by atoms with Crippen molar-refractivity contribution in [2.24, 2.45) is 5.10 Å². The van der Waals surface area contributed by atoms with Gasteiger partial charge in [-0.3, -0.25) is 9.59 Å². The second-order valence-electron chi connectivity index (χ2n) is 3.51. The van der Waals surface area contributed by atoms with Crippen molar-refractivity contribution in [1.29, 1.82) is 0 Å². The Morgan fingerprint density at radius 2 is 2.18 bits per heavy atom. The molecular formula is C9H13N3O5. The molecule has 3 N–H and O–H groups in total. The lowest BCUT2D eigenvalue weighted by Crippen LogP contribution is -2.47. The first-order chi connectivity index (χ1) is 7.95. The number of aliphatic carboxylic acids is 1. The number of amides is 2. The largest absolute Gasteiger partial charge is 0.480 e. The Balaban J connectivity index is 2.68. The Hall–Kier alpha value is -1.96. The van der Waals surface area contributed by atoms with Crippen LogP contribution in [0.3, 0.4) is 0 Å². The minimum absolute atomic E-state index is 0.0757. The fraction of sp³-hybridized carbons (Fsp3) is 0.556. The van der Waals surface area contributed by atoms with E-state index in [-0.39, 0.29) is 24.5 Å². The lowest BCUT2D eigenvalue weighted by Gasteiger charge is -2.20. The molecule has 1 rings (SSSR count). The van der Waals surface area contributed by atoms with Crippen LogP contribution in [0.1, 0.15) is 12.8 Å². The molecule has 0 aliphatic carbocycles. The van der Waals surface area contributed by atoms with Crippen LogP contribution in [0.15, 0.2) is 5.10 Å². The van der Waals surface area contributed by atoms with Crippen molar-refractivity contribution in [3.8, 4) is 0 Å². The molecule has 1 atom stereocenters. The minimum Gasteiger partial charge on any atom is -0.480 e. The highest BCUT2D eigenvalue weighted by atomic mass is 16.4. The van der Waals surface area contributed by atoms with Crippen LogP contribution in [0.25, 0.3) is 0 Å². The van der Waals surface area contributed by atoms with E-state index in [4.69, 9.17) is 10.2 Å². The second-order valence-corrected chi connectivity index (χ2v) is 3.51. The third-order valence-electron chi connectivity index (χ3n) is 2.26. The smallest absolute Gasteiger partial charge is 0.328 e. The zero-order valence-electron chi connectivity index (χ0n) is 9.21. The standard InChI is InChI=1S/C9H13N3O5/c1-12-7(14)3-2-5(11-12)8(15)10-6(4-13)9(16)17/h6,13H,2-4H2,1H3,(H,10,15)(H,16,17). The van der Waals surface area contributed by atoms with Crippen LogP contribution in [0.2, 0.25) is 0 Å². The summed E-state index contributed by atoms with van der Waals surface area (Å²) in [5.41, 5.74) is 0.0757. The Morgan fingerprint density at radius 1 is 1.53 bits per heavy atom. The van der Waals surface area contributed by atoms with Crippen LogP contribution in [0.5, 0.6) is 0 Å². The first-order valence-electron chi connectivity index (χ1n) is 4.94. The maximum Gasteiger partial charge on any atom is 0.328 e. The van der Waals surface area contributed by atoms with Crippen LogP contribution in [-0.2, 0) is 14.4 Å². The number of hydrazone groups is 1. The van der Waals surface area contributed by atoms with Gasteiger partial charge >= 0.3 is 5.97 Å². The first kappa shape index (κ1) is 13.1. The number of aliphatic hydroxyl groups excluding tert-OH is 1. The Morgan fingerprint density at radius 3 is 2.65 bits per heavy atom. The molecule has 8 heteroatoms. The van der Waals surface area contributed by atoms with Crippen molar-refractivity contribution in [1.82, 2.24) is 10.3 Å². The van der Waals surface area contributed by atoms with Gasteiger partial charge in [0, 0.05) is 19.9 Å². The van der Waals surface area contributed by atoms with Gasteiger partial charge in [0.05, 0.1) is 6.61 Å². The molecule has 1 aliphatic rings. The van der Waals surface area contributed by atoms with Gasteiger partial charge in [0.1, 0.15) is 5.71 Å². The number of nitrogens with one attached hydrogen (secondary N) is 1. The van der Waals surface area contributed by atoms with E-state index in [1.807, 2.05) is 0 Å². The summed E-state index contributed by atoms with van der Waals surface area (Å²) in [5, 5.41) is 24.2. The number of nitrogens with zero attached hydrogens (tertiary/aromatic N) is 2. The van der Waals surface area contributed by atoms with Gasteiger partial charge in [-0.1, -0.05) is 0 Å². The van der Waals surface area contributed by atoms with E-state index >= 15 is 0 Å². The molecule has 0 radical (unpaired) electrons. The van der Waals surface area contributed by atoms with E-state index in [0.717, 1.165) is 5.01 Å². The number of hydrogen-bond donors (Lipinski definition) is 3. The molecule has 0 bridgehead atoms. The molecule has 0 aromatic carbocycles. The van der Waals surface area contributed by atoms with Crippen molar-refractivity contribution in [3.05, 3.63) is 0 Å². The van der Waals surface area contributed by atoms with E-state index in [1.165, 1.54) is 7.05 Å². The summed E-state index contributed by atoms with van der Waals surface area (Å²) in [6.45, 7) is -0.705. The molecule has 1 unspecified atom stereocenters. The molecule has 0 saturated heterocycles. The molecule has 0 aromatic heterocycles. The van der Waals surface area contributed by atoms with Crippen molar-refractivity contribution in [2.75, 3.05) is 13.7 Å². The lowest BCUT2D eigenvalue weighted by atomic mass is 10.1. The molecule has 0 fully saturated rings. The highest BCUT2D eigenvalue weighted by Gasteiger charge is 2.25. The first-order valence-corrected chi connectivity index (χ1v) is 4.94. The summed E-state index contributed by atoms with van der Waals surface area (Å²) in [7, 11) is 1.41. The van der Waals surface area contributed by atoms with E-state index in [9.17, 15) is 14.4 Å². The predicted molar refractivity (Wildman–Crippen MR) is 56.1 cm³/mol. The molecule has 0 spiro atoms.